The van der Waals surface area contributed by atoms with Crippen LogP contribution in [0.3, 0.4) is 0 Å². The molecule has 0 aliphatic carbocycles. The molecule has 0 saturated heterocycles. The molecule has 2 heteroatoms. The van der Waals surface area contributed by atoms with Crippen molar-refractivity contribution in [1.82, 2.24) is 4.72 Å². The van der Waals surface area contributed by atoms with Crippen molar-refractivity contribution >= 4 is 11.9 Å². The number of fused-ring (bicyclic) bond motifs is 1. The highest BCUT2D eigenvalue weighted by Gasteiger charge is 2.12. The zero-order valence-electron chi connectivity index (χ0n) is 8.13. The summed E-state index contributed by atoms with van der Waals surface area (Å²) in [7, 11) is 0. The van der Waals surface area contributed by atoms with Crippen molar-refractivity contribution in [2.75, 3.05) is 6.54 Å². The average Bonchev–Trinajstić information content (AvgIpc) is 2.25. The second-order valence-electron chi connectivity index (χ2n) is 3.87. The first-order valence-electron chi connectivity index (χ1n) is 4.75. The third kappa shape index (κ3) is 2.06. The van der Waals surface area contributed by atoms with Gasteiger partial charge in [-0.25, -0.2) is 0 Å². The molecule has 0 saturated carbocycles. The Labute approximate surface area is 84.1 Å². The summed E-state index contributed by atoms with van der Waals surface area (Å²) in [5, 5.41) is 0. The van der Waals surface area contributed by atoms with Crippen LogP contribution in [0.15, 0.2) is 23.1 Å². The van der Waals surface area contributed by atoms with Crippen LogP contribution in [0.25, 0.3) is 0 Å². The first-order valence-corrected chi connectivity index (χ1v) is 5.56. The van der Waals surface area contributed by atoms with Gasteiger partial charge in [-0.2, -0.15) is 0 Å². The molecule has 0 aromatic heterocycles. The zero-order valence-corrected chi connectivity index (χ0v) is 8.95. The van der Waals surface area contributed by atoms with E-state index in [1.165, 1.54) is 22.4 Å². The van der Waals surface area contributed by atoms with Gasteiger partial charge >= 0.3 is 0 Å². The number of rotatable bonds is 0. The predicted molar refractivity (Wildman–Crippen MR) is 57.9 cm³/mol. The number of benzene rings is 1. The fourth-order valence-corrected chi connectivity index (χ4v) is 2.61. The molecule has 1 aliphatic rings. The van der Waals surface area contributed by atoms with E-state index < -0.39 is 0 Å². The van der Waals surface area contributed by atoms with Crippen molar-refractivity contribution in [3.63, 3.8) is 0 Å². The van der Waals surface area contributed by atoms with Crippen LogP contribution in [0.5, 0.6) is 0 Å². The van der Waals surface area contributed by atoms with Crippen LogP contribution in [-0.2, 0) is 6.42 Å². The molecule has 1 nitrogen and oxygen atoms in total. The maximum atomic E-state index is 3.39. The quantitative estimate of drug-likeness (QED) is 0.636. The van der Waals surface area contributed by atoms with E-state index in [-0.39, 0.29) is 0 Å². The molecule has 1 atom stereocenters. The monoisotopic (exact) mass is 193 g/mol. The molecular formula is C11H15NS. The van der Waals surface area contributed by atoms with Crippen LogP contribution in [-0.4, -0.2) is 6.54 Å². The van der Waals surface area contributed by atoms with Gasteiger partial charge in [0.05, 0.1) is 0 Å². The Morgan fingerprint density at radius 2 is 2.31 bits per heavy atom. The lowest BCUT2D eigenvalue weighted by Gasteiger charge is -2.07. The highest BCUT2D eigenvalue weighted by molar-refractivity contribution is 7.97. The molecule has 70 valence electrons. The van der Waals surface area contributed by atoms with Crippen LogP contribution < -0.4 is 4.72 Å². The van der Waals surface area contributed by atoms with E-state index in [1.54, 1.807) is 11.9 Å². The van der Waals surface area contributed by atoms with Crippen LogP contribution in [0.4, 0.5) is 0 Å². The standard InChI is InChI=1S/C11H15NS/c1-8-3-4-11-10(5-8)6-9(2)7-12-13-11/h3-5,9,12H,6-7H2,1-2H3. The average molecular weight is 193 g/mol. The minimum Gasteiger partial charge on any atom is -0.260 e. The third-order valence-electron chi connectivity index (χ3n) is 2.40. The van der Waals surface area contributed by atoms with E-state index in [4.69, 9.17) is 0 Å². The molecule has 1 aliphatic heterocycles. The number of hydrogen-bond acceptors (Lipinski definition) is 2. The molecule has 0 spiro atoms. The maximum absolute atomic E-state index is 3.39. The van der Waals surface area contributed by atoms with Crippen LogP contribution in [0.1, 0.15) is 18.1 Å². The van der Waals surface area contributed by atoms with Crippen LogP contribution in [0, 0.1) is 12.8 Å². The molecule has 1 N–H and O–H groups in total. The van der Waals surface area contributed by atoms with E-state index in [9.17, 15) is 0 Å². The normalized spacial score (nSPS) is 22.2. The van der Waals surface area contributed by atoms with Crippen molar-refractivity contribution < 1.29 is 0 Å². The second-order valence-corrected chi connectivity index (χ2v) is 4.80. The van der Waals surface area contributed by atoms with Crippen molar-refractivity contribution in [3.8, 4) is 0 Å². The highest BCUT2D eigenvalue weighted by Crippen LogP contribution is 2.26. The lowest BCUT2D eigenvalue weighted by Crippen LogP contribution is -2.12. The molecule has 1 heterocycles. The van der Waals surface area contributed by atoms with Gasteiger partial charge in [-0.1, -0.05) is 24.6 Å². The molecule has 13 heavy (non-hydrogen) atoms. The molecule has 1 aromatic carbocycles. The number of aryl methyl sites for hydroxylation is 1. The van der Waals surface area contributed by atoms with Gasteiger partial charge in [0.25, 0.3) is 0 Å². The molecule has 0 fully saturated rings. The summed E-state index contributed by atoms with van der Waals surface area (Å²) in [5.74, 6) is 0.746. The molecule has 1 aromatic rings. The van der Waals surface area contributed by atoms with Gasteiger partial charge in [0.1, 0.15) is 0 Å². The van der Waals surface area contributed by atoms with E-state index in [0.717, 1.165) is 12.5 Å². The van der Waals surface area contributed by atoms with Crippen molar-refractivity contribution in [2.45, 2.75) is 25.2 Å². The Bertz CT molecular complexity index is 309. The Balaban J connectivity index is 2.35. The Morgan fingerprint density at radius 1 is 1.46 bits per heavy atom. The largest absolute Gasteiger partial charge is 0.260 e. The minimum atomic E-state index is 0.746. The van der Waals surface area contributed by atoms with Crippen LogP contribution in [0.2, 0.25) is 0 Å². The van der Waals surface area contributed by atoms with Gasteiger partial charge in [0.2, 0.25) is 0 Å². The summed E-state index contributed by atoms with van der Waals surface area (Å²) in [6.45, 7) is 5.57. The summed E-state index contributed by atoms with van der Waals surface area (Å²) in [4.78, 5) is 1.40. The van der Waals surface area contributed by atoms with E-state index in [2.05, 4.69) is 36.8 Å². The summed E-state index contributed by atoms with van der Waals surface area (Å²) < 4.78 is 3.39. The maximum Gasteiger partial charge on any atom is 0.0260 e. The lowest BCUT2D eigenvalue weighted by atomic mass is 10.00. The Hall–Kier alpha value is -0.470. The van der Waals surface area contributed by atoms with E-state index in [0.29, 0.717) is 0 Å². The van der Waals surface area contributed by atoms with Gasteiger partial charge < -0.3 is 0 Å². The molecule has 2 rings (SSSR count). The highest BCUT2D eigenvalue weighted by atomic mass is 32.2. The smallest absolute Gasteiger partial charge is 0.0260 e. The van der Waals surface area contributed by atoms with E-state index in [1.807, 2.05) is 0 Å². The Morgan fingerprint density at radius 3 is 3.15 bits per heavy atom. The van der Waals surface area contributed by atoms with Gasteiger partial charge in [0.15, 0.2) is 0 Å². The third-order valence-corrected chi connectivity index (χ3v) is 3.33. The van der Waals surface area contributed by atoms with Crippen molar-refractivity contribution in [1.29, 1.82) is 0 Å². The predicted octanol–water partition coefficient (Wildman–Crippen LogP) is 2.78. The second kappa shape index (κ2) is 3.72. The number of hydrogen-bond donors (Lipinski definition) is 1. The fraction of sp³-hybridized carbons (Fsp3) is 0.455. The molecule has 0 radical (unpaired) electrons. The molecule has 0 amide bonds. The SMILES string of the molecule is Cc1ccc2c(c1)CC(C)CNS2. The minimum absolute atomic E-state index is 0.746. The van der Waals surface area contributed by atoms with Crippen molar-refractivity contribution in [2.24, 2.45) is 5.92 Å². The lowest BCUT2D eigenvalue weighted by molar-refractivity contribution is 0.578. The van der Waals surface area contributed by atoms with Gasteiger partial charge in [-0.05, 0) is 42.8 Å². The van der Waals surface area contributed by atoms with Gasteiger partial charge in [0, 0.05) is 11.4 Å². The molecular weight excluding hydrogens is 178 g/mol. The van der Waals surface area contributed by atoms with Gasteiger partial charge in [-0.3, -0.25) is 4.72 Å². The van der Waals surface area contributed by atoms with Gasteiger partial charge in [-0.15, -0.1) is 0 Å². The molecule has 1 unspecified atom stereocenters. The fourth-order valence-electron chi connectivity index (χ4n) is 1.68. The van der Waals surface area contributed by atoms with Crippen LogP contribution >= 0.6 is 11.9 Å². The number of nitrogens with one attached hydrogen (secondary N) is 1. The van der Waals surface area contributed by atoms with E-state index >= 15 is 0 Å². The first-order chi connectivity index (χ1) is 6.25. The Kier molecular flexibility index (Phi) is 2.61. The summed E-state index contributed by atoms with van der Waals surface area (Å²) in [5.41, 5.74) is 2.87. The zero-order chi connectivity index (χ0) is 9.26. The topological polar surface area (TPSA) is 12.0 Å². The first kappa shape index (κ1) is 9.10. The summed E-state index contributed by atoms with van der Waals surface area (Å²) in [6.07, 6.45) is 1.21. The molecule has 0 bridgehead atoms. The summed E-state index contributed by atoms with van der Waals surface area (Å²) >= 11 is 1.77. The summed E-state index contributed by atoms with van der Waals surface area (Å²) in [6, 6.07) is 6.72. The van der Waals surface area contributed by atoms with Crippen molar-refractivity contribution in [3.05, 3.63) is 29.3 Å².